The molecular formula is C19H20N4O3. The van der Waals surface area contributed by atoms with Gasteiger partial charge in [-0.15, -0.1) is 0 Å². The predicted octanol–water partition coefficient (Wildman–Crippen LogP) is 1.45. The van der Waals surface area contributed by atoms with Crippen LogP contribution in [0.4, 0.5) is 0 Å². The minimum atomic E-state index is -0.0915. The number of para-hydroxylation sites is 1. The Morgan fingerprint density at radius 1 is 1.04 bits per heavy atom. The molecule has 0 aliphatic carbocycles. The van der Waals surface area contributed by atoms with E-state index in [-0.39, 0.29) is 11.5 Å². The first-order valence-corrected chi connectivity index (χ1v) is 8.73. The summed E-state index contributed by atoms with van der Waals surface area (Å²) in [7, 11) is 0. The Hall–Kier alpha value is -2.93. The second-order valence-corrected chi connectivity index (χ2v) is 6.37. The van der Waals surface area contributed by atoms with E-state index in [0.29, 0.717) is 25.4 Å². The second-order valence-electron chi connectivity index (χ2n) is 6.37. The van der Waals surface area contributed by atoms with Gasteiger partial charge in [-0.1, -0.05) is 18.2 Å². The fourth-order valence-corrected chi connectivity index (χ4v) is 3.21. The molecule has 3 aromatic rings. The Morgan fingerprint density at radius 3 is 2.62 bits per heavy atom. The number of benzene rings is 1. The number of rotatable bonds is 4. The Morgan fingerprint density at radius 2 is 1.85 bits per heavy atom. The van der Waals surface area contributed by atoms with Crippen molar-refractivity contribution in [3.8, 4) is 0 Å². The highest BCUT2D eigenvalue weighted by molar-refractivity contribution is 5.96. The quantitative estimate of drug-likeness (QED) is 0.711. The molecule has 1 aliphatic rings. The lowest BCUT2D eigenvalue weighted by molar-refractivity contribution is 0.0603. The van der Waals surface area contributed by atoms with Crippen LogP contribution in [0.1, 0.15) is 10.6 Å². The summed E-state index contributed by atoms with van der Waals surface area (Å²) < 4.78 is 7.14. The summed E-state index contributed by atoms with van der Waals surface area (Å²) in [5, 5.41) is 5.01. The molecule has 0 unspecified atom stereocenters. The number of furan rings is 1. The second kappa shape index (κ2) is 7.13. The zero-order valence-electron chi connectivity index (χ0n) is 14.4. The van der Waals surface area contributed by atoms with Gasteiger partial charge in [0.25, 0.3) is 11.5 Å². The van der Waals surface area contributed by atoms with Crippen LogP contribution < -0.4 is 5.56 Å². The first kappa shape index (κ1) is 16.5. The maximum atomic E-state index is 12.7. The van der Waals surface area contributed by atoms with Gasteiger partial charge in [-0.25, -0.2) is 4.68 Å². The standard InChI is InChI=1S/C19H20N4O3/c24-18-6-3-7-20-23(18)13-10-21-8-11-22(12-9-21)19(25)17-14-15-4-1-2-5-16(15)26-17/h1-7,14H,8-13H2. The van der Waals surface area contributed by atoms with E-state index in [0.717, 1.165) is 30.6 Å². The van der Waals surface area contributed by atoms with Crippen molar-refractivity contribution in [1.82, 2.24) is 19.6 Å². The third kappa shape index (κ3) is 3.39. The van der Waals surface area contributed by atoms with Gasteiger partial charge in [-0.3, -0.25) is 14.5 Å². The Kier molecular flexibility index (Phi) is 4.53. The molecule has 134 valence electrons. The molecule has 0 spiro atoms. The minimum Gasteiger partial charge on any atom is -0.451 e. The van der Waals surface area contributed by atoms with E-state index >= 15 is 0 Å². The lowest BCUT2D eigenvalue weighted by atomic mass is 10.2. The Balaban J connectivity index is 1.33. The van der Waals surface area contributed by atoms with Crippen LogP contribution in [-0.4, -0.2) is 58.2 Å². The number of fused-ring (bicyclic) bond motifs is 1. The monoisotopic (exact) mass is 352 g/mol. The minimum absolute atomic E-state index is 0.0678. The molecule has 0 bridgehead atoms. The van der Waals surface area contributed by atoms with Gasteiger partial charge in [0.15, 0.2) is 5.76 Å². The number of piperazine rings is 1. The largest absolute Gasteiger partial charge is 0.451 e. The average Bonchev–Trinajstić information content (AvgIpc) is 3.11. The topological polar surface area (TPSA) is 71.6 Å². The van der Waals surface area contributed by atoms with Gasteiger partial charge < -0.3 is 9.32 Å². The van der Waals surface area contributed by atoms with Crippen molar-refractivity contribution in [1.29, 1.82) is 0 Å². The van der Waals surface area contributed by atoms with Crippen molar-refractivity contribution in [3.63, 3.8) is 0 Å². The van der Waals surface area contributed by atoms with Gasteiger partial charge in [0.05, 0.1) is 6.54 Å². The van der Waals surface area contributed by atoms with Crippen LogP contribution in [0, 0.1) is 0 Å². The molecule has 1 amide bonds. The zero-order chi connectivity index (χ0) is 17.9. The molecule has 2 aromatic heterocycles. The Labute approximate surface area is 150 Å². The van der Waals surface area contributed by atoms with Crippen molar-refractivity contribution >= 4 is 16.9 Å². The summed E-state index contributed by atoms with van der Waals surface area (Å²) in [6.07, 6.45) is 1.62. The summed E-state index contributed by atoms with van der Waals surface area (Å²) in [5.74, 6) is 0.321. The molecule has 1 saturated heterocycles. The van der Waals surface area contributed by atoms with Crippen LogP contribution >= 0.6 is 0 Å². The van der Waals surface area contributed by atoms with Crippen molar-refractivity contribution in [2.24, 2.45) is 0 Å². The summed E-state index contributed by atoms with van der Waals surface area (Å²) in [4.78, 5) is 28.4. The molecule has 1 aromatic carbocycles. The Bertz CT molecular complexity index is 937. The van der Waals surface area contributed by atoms with Crippen LogP contribution in [-0.2, 0) is 6.54 Å². The zero-order valence-corrected chi connectivity index (χ0v) is 14.4. The first-order valence-electron chi connectivity index (χ1n) is 8.73. The van der Waals surface area contributed by atoms with E-state index < -0.39 is 0 Å². The van der Waals surface area contributed by atoms with Gasteiger partial charge in [-0.05, 0) is 18.2 Å². The molecule has 0 radical (unpaired) electrons. The maximum absolute atomic E-state index is 12.7. The highest BCUT2D eigenvalue weighted by Gasteiger charge is 2.24. The van der Waals surface area contributed by atoms with E-state index in [1.165, 1.54) is 10.7 Å². The van der Waals surface area contributed by atoms with Gasteiger partial charge in [0, 0.05) is 50.4 Å². The molecule has 0 N–H and O–H groups in total. The van der Waals surface area contributed by atoms with Crippen molar-refractivity contribution < 1.29 is 9.21 Å². The van der Waals surface area contributed by atoms with Gasteiger partial charge in [-0.2, -0.15) is 5.10 Å². The number of carbonyl (C=O) groups is 1. The molecule has 4 rings (SSSR count). The maximum Gasteiger partial charge on any atom is 0.289 e. The van der Waals surface area contributed by atoms with Crippen LogP contribution in [0.5, 0.6) is 0 Å². The number of carbonyl (C=O) groups excluding carboxylic acids is 1. The van der Waals surface area contributed by atoms with E-state index in [1.807, 2.05) is 29.2 Å². The highest BCUT2D eigenvalue weighted by Crippen LogP contribution is 2.20. The van der Waals surface area contributed by atoms with Crippen LogP contribution in [0.3, 0.4) is 0 Å². The average molecular weight is 352 g/mol. The lowest BCUT2D eigenvalue weighted by Crippen LogP contribution is -2.49. The molecular weight excluding hydrogens is 332 g/mol. The molecule has 0 saturated carbocycles. The smallest absolute Gasteiger partial charge is 0.289 e. The third-order valence-corrected chi connectivity index (χ3v) is 4.71. The van der Waals surface area contributed by atoms with E-state index in [4.69, 9.17) is 4.42 Å². The SMILES string of the molecule is O=C(c1cc2ccccc2o1)N1CCN(CCn2ncccc2=O)CC1. The number of aromatic nitrogens is 2. The molecule has 7 heteroatoms. The lowest BCUT2D eigenvalue weighted by Gasteiger charge is -2.34. The number of hydrogen-bond acceptors (Lipinski definition) is 5. The molecule has 1 fully saturated rings. The molecule has 26 heavy (non-hydrogen) atoms. The van der Waals surface area contributed by atoms with Crippen LogP contribution in [0.2, 0.25) is 0 Å². The summed E-state index contributed by atoms with van der Waals surface area (Å²) in [5.41, 5.74) is 0.640. The van der Waals surface area contributed by atoms with Crippen molar-refractivity contribution in [2.45, 2.75) is 6.54 Å². The van der Waals surface area contributed by atoms with Crippen LogP contribution in [0.15, 0.2) is 57.9 Å². The van der Waals surface area contributed by atoms with Crippen molar-refractivity contribution in [2.75, 3.05) is 32.7 Å². The van der Waals surface area contributed by atoms with Gasteiger partial charge >= 0.3 is 0 Å². The molecule has 3 heterocycles. The fraction of sp³-hybridized carbons (Fsp3) is 0.316. The summed E-state index contributed by atoms with van der Waals surface area (Å²) >= 11 is 0. The highest BCUT2D eigenvalue weighted by atomic mass is 16.3. The van der Waals surface area contributed by atoms with Gasteiger partial charge in [0.2, 0.25) is 0 Å². The predicted molar refractivity (Wildman–Crippen MR) is 97.1 cm³/mol. The number of nitrogens with zero attached hydrogens (tertiary/aromatic N) is 4. The van der Waals surface area contributed by atoms with Crippen molar-refractivity contribution in [3.05, 3.63) is 64.8 Å². The molecule has 7 nitrogen and oxygen atoms in total. The van der Waals surface area contributed by atoms with Crippen LogP contribution in [0.25, 0.3) is 11.0 Å². The number of amides is 1. The first-order chi connectivity index (χ1) is 12.7. The molecule has 0 atom stereocenters. The van der Waals surface area contributed by atoms with E-state index in [2.05, 4.69) is 10.00 Å². The third-order valence-electron chi connectivity index (χ3n) is 4.71. The van der Waals surface area contributed by atoms with E-state index in [9.17, 15) is 9.59 Å². The molecule has 1 aliphatic heterocycles. The van der Waals surface area contributed by atoms with Gasteiger partial charge in [0.1, 0.15) is 5.58 Å². The van der Waals surface area contributed by atoms with E-state index in [1.54, 1.807) is 18.3 Å². The number of hydrogen-bond donors (Lipinski definition) is 0. The fourth-order valence-electron chi connectivity index (χ4n) is 3.21. The summed E-state index contributed by atoms with van der Waals surface area (Å²) in [6, 6.07) is 12.6. The normalized spacial score (nSPS) is 15.5. The summed E-state index contributed by atoms with van der Waals surface area (Å²) in [6.45, 7) is 4.13.